The van der Waals surface area contributed by atoms with E-state index in [4.69, 9.17) is 16.7 Å². The van der Waals surface area contributed by atoms with Crippen molar-refractivity contribution in [2.45, 2.75) is 19.0 Å². The smallest absolute Gasteiger partial charge is 0.129 e. The first-order valence-corrected chi connectivity index (χ1v) is 6.58. The predicted octanol–water partition coefficient (Wildman–Crippen LogP) is 1.64. The first-order valence-electron chi connectivity index (χ1n) is 6.21. The average molecular weight is 273 g/mol. The Bertz CT molecular complexity index is 380. The van der Waals surface area contributed by atoms with Crippen LogP contribution < -0.4 is 5.32 Å². The fourth-order valence-electron chi connectivity index (χ4n) is 2.33. The van der Waals surface area contributed by atoms with E-state index >= 15 is 0 Å². The number of hydrogen-bond acceptors (Lipinski definition) is 3. The average Bonchev–Trinajstić information content (AvgIpc) is 2.36. The number of halogens is 2. The molecule has 1 aromatic rings. The zero-order valence-corrected chi connectivity index (χ0v) is 11.0. The van der Waals surface area contributed by atoms with Crippen molar-refractivity contribution in [2.24, 2.45) is 0 Å². The molecule has 0 unspecified atom stereocenters. The maximum atomic E-state index is 13.7. The van der Waals surface area contributed by atoms with Crippen LogP contribution in [0.25, 0.3) is 0 Å². The minimum absolute atomic E-state index is 0.147. The molecule has 0 aliphatic carbocycles. The summed E-state index contributed by atoms with van der Waals surface area (Å²) in [6.07, 6.45) is 0.694. The second-order valence-corrected chi connectivity index (χ2v) is 4.95. The highest BCUT2D eigenvalue weighted by Gasteiger charge is 2.23. The van der Waals surface area contributed by atoms with Gasteiger partial charge < -0.3 is 10.4 Å². The molecule has 0 spiro atoms. The van der Waals surface area contributed by atoms with Crippen molar-refractivity contribution >= 4 is 11.6 Å². The summed E-state index contributed by atoms with van der Waals surface area (Å²) in [7, 11) is 0. The van der Waals surface area contributed by atoms with Gasteiger partial charge in [0.05, 0.1) is 0 Å². The van der Waals surface area contributed by atoms with Crippen LogP contribution in [0.5, 0.6) is 0 Å². The molecular formula is C13H18ClFN2O. The molecule has 1 fully saturated rings. The van der Waals surface area contributed by atoms with Gasteiger partial charge in [0, 0.05) is 49.4 Å². The highest BCUT2D eigenvalue weighted by molar-refractivity contribution is 6.31. The lowest BCUT2D eigenvalue weighted by molar-refractivity contribution is 0.122. The number of aliphatic hydroxyl groups excluding tert-OH is 1. The number of hydrogen-bond donors (Lipinski definition) is 2. The van der Waals surface area contributed by atoms with E-state index in [1.165, 1.54) is 6.07 Å². The molecule has 0 aromatic heterocycles. The van der Waals surface area contributed by atoms with Crippen molar-refractivity contribution < 1.29 is 9.50 Å². The van der Waals surface area contributed by atoms with Crippen LogP contribution in [0, 0.1) is 5.82 Å². The first-order chi connectivity index (χ1) is 8.72. The standard InChI is InChI=1S/C13H18ClFN2O/c14-12-2-1-3-13(15)11(12)9-17-6-5-16-8-10(17)4-7-18/h1-3,10,16,18H,4-9H2/t10-/m1/s1. The first kappa shape index (κ1) is 13.7. The second kappa shape index (κ2) is 6.48. The molecule has 1 aromatic carbocycles. The molecule has 1 atom stereocenters. The van der Waals surface area contributed by atoms with Gasteiger partial charge in [0.2, 0.25) is 0 Å². The van der Waals surface area contributed by atoms with Crippen molar-refractivity contribution in [3.05, 3.63) is 34.6 Å². The van der Waals surface area contributed by atoms with Crippen molar-refractivity contribution in [1.82, 2.24) is 10.2 Å². The number of aliphatic hydroxyl groups is 1. The number of piperazine rings is 1. The van der Waals surface area contributed by atoms with Crippen LogP contribution in [0.15, 0.2) is 18.2 Å². The van der Waals surface area contributed by atoms with Gasteiger partial charge in [-0.05, 0) is 18.6 Å². The Balaban J connectivity index is 2.11. The minimum atomic E-state index is -0.260. The molecule has 3 nitrogen and oxygen atoms in total. The Morgan fingerprint density at radius 3 is 3.06 bits per heavy atom. The van der Waals surface area contributed by atoms with E-state index in [1.54, 1.807) is 12.1 Å². The topological polar surface area (TPSA) is 35.5 Å². The summed E-state index contributed by atoms with van der Waals surface area (Å²) in [6.45, 7) is 3.20. The highest BCUT2D eigenvalue weighted by Crippen LogP contribution is 2.22. The van der Waals surface area contributed by atoms with Gasteiger partial charge in [0.15, 0.2) is 0 Å². The monoisotopic (exact) mass is 272 g/mol. The molecule has 18 heavy (non-hydrogen) atoms. The van der Waals surface area contributed by atoms with Crippen molar-refractivity contribution in [2.75, 3.05) is 26.2 Å². The third kappa shape index (κ3) is 3.20. The van der Waals surface area contributed by atoms with Gasteiger partial charge in [0.25, 0.3) is 0 Å². The van der Waals surface area contributed by atoms with Crippen LogP contribution >= 0.6 is 11.6 Å². The van der Waals surface area contributed by atoms with Gasteiger partial charge in [-0.15, -0.1) is 0 Å². The lowest BCUT2D eigenvalue weighted by Crippen LogP contribution is -2.51. The summed E-state index contributed by atoms with van der Waals surface area (Å²) >= 11 is 6.04. The van der Waals surface area contributed by atoms with Gasteiger partial charge in [-0.2, -0.15) is 0 Å². The van der Waals surface area contributed by atoms with E-state index in [1.807, 2.05) is 0 Å². The van der Waals surface area contributed by atoms with Gasteiger partial charge in [0.1, 0.15) is 5.82 Å². The van der Waals surface area contributed by atoms with Crippen molar-refractivity contribution in [3.63, 3.8) is 0 Å². The Kier molecular flexibility index (Phi) is 4.95. The lowest BCUT2D eigenvalue weighted by Gasteiger charge is -2.36. The third-order valence-corrected chi connectivity index (χ3v) is 3.71. The van der Waals surface area contributed by atoms with E-state index in [-0.39, 0.29) is 18.5 Å². The third-order valence-electron chi connectivity index (χ3n) is 3.36. The van der Waals surface area contributed by atoms with Crippen LogP contribution in [0.1, 0.15) is 12.0 Å². The van der Waals surface area contributed by atoms with Gasteiger partial charge in [-0.1, -0.05) is 17.7 Å². The summed E-state index contributed by atoms with van der Waals surface area (Å²) in [5.41, 5.74) is 0.545. The van der Waals surface area contributed by atoms with E-state index in [0.717, 1.165) is 19.6 Å². The molecule has 0 bridgehead atoms. The molecule has 1 aliphatic heterocycles. The SMILES string of the molecule is OCC[C@@H]1CNCCN1Cc1c(F)cccc1Cl. The van der Waals surface area contributed by atoms with E-state index in [0.29, 0.717) is 23.6 Å². The molecule has 100 valence electrons. The maximum Gasteiger partial charge on any atom is 0.129 e. The molecule has 2 N–H and O–H groups in total. The van der Waals surface area contributed by atoms with Gasteiger partial charge >= 0.3 is 0 Å². The Morgan fingerprint density at radius 2 is 2.33 bits per heavy atom. The molecule has 1 heterocycles. The second-order valence-electron chi connectivity index (χ2n) is 4.54. The lowest BCUT2D eigenvalue weighted by atomic mass is 10.1. The molecule has 0 amide bonds. The van der Waals surface area contributed by atoms with Crippen molar-refractivity contribution in [1.29, 1.82) is 0 Å². The Labute approximate surface area is 112 Å². The molecule has 1 aliphatic rings. The van der Waals surface area contributed by atoms with Crippen LogP contribution in [-0.2, 0) is 6.54 Å². The van der Waals surface area contributed by atoms with Crippen LogP contribution in [-0.4, -0.2) is 42.3 Å². The molecule has 0 saturated carbocycles. The minimum Gasteiger partial charge on any atom is -0.396 e. The van der Waals surface area contributed by atoms with Crippen LogP contribution in [0.2, 0.25) is 5.02 Å². The van der Waals surface area contributed by atoms with E-state index in [2.05, 4.69) is 10.2 Å². The zero-order valence-electron chi connectivity index (χ0n) is 10.2. The fraction of sp³-hybridized carbons (Fsp3) is 0.538. The van der Waals surface area contributed by atoms with Crippen LogP contribution in [0.4, 0.5) is 4.39 Å². The molecular weight excluding hydrogens is 255 g/mol. The molecule has 2 rings (SSSR count). The van der Waals surface area contributed by atoms with Crippen LogP contribution in [0.3, 0.4) is 0 Å². The zero-order chi connectivity index (χ0) is 13.0. The summed E-state index contributed by atoms with van der Waals surface area (Å²) in [6, 6.07) is 5.00. The normalized spacial score (nSPS) is 21.2. The van der Waals surface area contributed by atoms with E-state index in [9.17, 15) is 4.39 Å². The Hall–Kier alpha value is -0.680. The molecule has 0 radical (unpaired) electrons. The maximum absolute atomic E-state index is 13.7. The fourth-order valence-corrected chi connectivity index (χ4v) is 2.55. The van der Waals surface area contributed by atoms with Gasteiger partial charge in [-0.3, -0.25) is 4.90 Å². The Morgan fingerprint density at radius 1 is 1.50 bits per heavy atom. The number of nitrogens with one attached hydrogen (secondary N) is 1. The summed E-state index contributed by atoms with van der Waals surface area (Å²) in [5, 5.41) is 12.8. The van der Waals surface area contributed by atoms with E-state index < -0.39 is 0 Å². The molecule has 1 saturated heterocycles. The number of rotatable bonds is 4. The molecule has 5 heteroatoms. The summed E-state index contributed by atoms with van der Waals surface area (Å²) in [4.78, 5) is 2.18. The van der Waals surface area contributed by atoms with Gasteiger partial charge in [-0.25, -0.2) is 4.39 Å². The quantitative estimate of drug-likeness (QED) is 0.875. The van der Waals surface area contributed by atoms with Crippen molar-refractivity contribution in [3.8, 4) is 0 Å². The highest BCUT2D eigenvalue weighted by atomic mass is 35.5. The summed E-state index contributed by atoms with van der Waals surface area (Å²) in [5.74, 6) is -0.260. The summed E-state index contributed by atoms with van der Waals surface area (Å²) < 4.78 is 13.7. The number of nitrogens with zero attached hydrogens (tertiary/aromatic N) is 1. The predicted molar refractivity (Wildman–Crippen MR) is 70.2 cm³/mol. The number of benzene rings is 1. The largest absolute Gasteiger partial charge is 0.396 e.